The molecule has 5 heteroatoms. The van der Waals surface area contributed by atoms with Gasteiger partial charge in [0.2, 0.25) is 5.91 Å². The number of carbonyl (C=O) groups excluding carboxylic acids is 1. The number of rotatable bonds is 7. The molecule has 1 unspecified atom stereocenters. The third kappa shape index (κ3) is 4.46. The average molecular weight is 255 g/mol. The van der Waals surface area contributed by atoms with Gasteiger partial charge < -0.3 is 11.1 Å². The first-order chi connectivity index (χ1) is 8.19. The number of hydrogen-bond donors (Lipinski definition) is 2. The zero-order chi connectivity index (χ0) is 12.7. The summed E-state index contributed by atoms with van der Waals surface area (Å²) in [5, 5.41) is 4.90. The number of likely N-dealkylation sites (N-methyl/N-ethyl adjacent to an activating group) is 1. The predicted octanol–water partition coefficient (Wildman–Crippen LogP) is 1.21. The topological polar surface area (TPSA) is 58.4 Å². The summed E-state index contributed by atoms with van der Waals surface area (Å²) >= 11 is 1.68. The first kappa shape index (κ1) is 14.2. The van der Waals surface area contributed by atoms with Crippen molar-refractivity contribution in [2.45, 2.75) is 19.4 Å². The van der Waals surface area contributed by atoms with Gasteiger partial charge in [-0.25, -0.2) is 0 Å². The van der Waals surface area contributed by atoms with E-state index in [-0.39, 0.29) is 11.9 Å². The highest BCUT2D eigenvalue weighted by Crippen LogP contribution is 2.22. The van der Waals surface area contributed by atoms with Crippen LogP contribution in [-0.2, 0) is 4.79 Å². The number of amides is 1. The first-order valence-corrected chi connectivity index (χ1v) is 6.77. The zero-order valence-electron chi connectivity index (χ0n) is 10.5. The van der Waals surface area contributed by atoms with Gasteiger partial charge in [-0.15, -0.1) is 11.3 Å². The van der Waals surface area contributed by atoms with Crippen LogP contribution < -0.4 is 11.1 Å². The Balaban J connectivity index is 2.50. The van der Waals surface area contributed by atoms with E-state index in [2.05, 4.69) is 11.4 Å². The SMILES string of the molecule is CCCNC(=O)CN(C)C(CN)c1cccs1. The minimum absolute atomic E-state index is 0.0596. The molecule has 0 saturated heterocycles. The van der Waals surface area contributed by atoms with Gasteiger partial charge in [-0.3, -0.25) is 9.69 Å². The maximum atomic E-state index is 11.6. The fourth-order valence-electron chi connectivity index (χ4n) is 1.65. The largest absolute Gasteiger partial charge is 0.355 e. The highest BCUT2D eigenvalue weighted by molar-refractivity contribution is 7.10. The Labute approximate surface area is 107 Å². The summed E-state index contributed by atoms with van der Waals surface area (Å²) in [7, 11) is 1.93. The van der Waals surface area contributed by atoms with Gasteiger partial charge in [-0.05, 0) is 24.9 Å². The lowest BCUT2D eigenvalue weighted by Crippen LogP contribution is -2.39. The van der Waals surface area contributed by atoms with Crippen LogP contribution in [0, 0.1) is 0 Å². The molecule has 1 heterocycles. The molecule has 0 spiro atoms. The van der Waals surface area contributed by atoms with Gasteiger partial charge in [0, 0.05) is 18.0 Å². The summed E-state index contributed by atoms with van der Waals surface area (Å²) < 4.78 is 0. The molecule has 1 aromatic rings. The summed E-state index contributed by atoms with van der Waals surface area (Å²) in [5.41, 5.74) is 5.77. The molecule has 1 rings (SSSR count). The van der Waals surface area contributed by atoms with E-state index in [1.807, 2.05) is 30.3 Å². The normalized spacial score (nSPS) is 12.7. The van der Waals surface area contributed by atoms with Crippen LogP contribution in [0.5, 0.6) is 0 Å². The molecule has 0 aliphatic rings. The zero-order valence-corrected chi connectivity index (χ0v) is 11.3. The molecule has 96 valence electrons. The molecular weight excluding hydrogens is 234 g/mol. The molecule has 0 radical (unpaired) electrons. The summed E-state index contributed by atoms with van der Waals surface area (Å²) in [4.78, 5) is 14.8. The quantitative estimate of drug-likeness (QED) is 0.770. The van der Waals surface area contributed by atoms with Gasteiger partial charge >= 0.3 is 0 Å². The van der Waals surface area contributed by atoms with Crippen LogP contribution in [0.3, 0.4) is 0 Å². The van der Waals surface area contributed by atoms with Crippen molar-refractivity contribution in [3.63, 3.8) is 0 Å². The molecule has 0 bridgehead atoms. The van der Waals surface area contributed by atoms with Gasteiger partial charge in [0.15, 0.2) is 0 Å². The second-order valence-electron chi connectivity index (χ2n) is 4.03. The van der Waals surface area contributed by atoms with Crippen LogP contribution in [0.25, 0.3) is 0 Å². The molecular formula is C12H21N3OS. The standard InChI is InChI=1S/C12H21N3OS/c1-3-6-14-12(16)9-15(2)10(8-13)11-5-4-7-17-11/h4-5,7,10H,3,6,8-9,13H2,1-2H3,(H,14,16). The van der Waals surface area contributed by atoms with Gasteiger partial charge in [0.25, 0.3) is 0 Å². The van der Waals surface area contributed by atoms with E-state index < -0.39 is 0 Å². The smallest absolute Gasteiger partial charge is 0.234 e. The van der Waals surface area contributed by atoms with Crippen molar-refractivity contribution in [1.29, 1.82) is 0 Å². The van der Waals surface area contributed by atoms with Crippen LogP contribution in [0.2, 0.25) is 0 Å². The second-order valence-corrected chi connectivity index (χ2v) is 5.01. The van der Waals surface area contributed by atoms with E-state index in [0.717, 1.165) is 13.0 Å². The van der Waals surface area contributed by atoms with E-state index in [4.69, 9.17) is 5.73 Å². The van der Waals surface area contributed by atoms with Crippen molar-refractivity contribution in [2.24, 2.45) is 5.73 Å². The lowest BCUT2D eigenvalue weighted by atomic mass is 10.2. The van der Waals surface area contributed by atoms with E-state index in [1.54, 1.807) is 11.3 Å². The summed E-state index contributed by atoms with van der Waals surface area (Å²) in [6, 6.07) is 4.19. The van der Waals surface area contributed by atoms with E-state index >= 15 is 0 Å². The fraction of sp³-hybridized carbons (Fsp3) is 0.583. The van der Waals surface area contributed by atoms with E-state index in [9.17, 15) is 4.79 Å². The molecule has 0 aliphatic heterocycles. The monoisotopic (exact) mass is 255 g/mol. The molecule has 3 N–H and O–H groups in total. The van der Waals surface area contributed by atoms with Crippen LogP contribution in [0.4, 0.5) is 0 Å². The highest BCUT2D eigenvalue weighted by Gasteiger charge is 2.18. The number of hydrogen-bond acceptors (Lipinski definition) is 4. The number of thiophene rings is 1. The van der Waals surface area contributed by atoms with E-state index in [1.165, 1.54) is 4.88 Å². The summed E-state index contributed by atoms with van der Waals surface area (Å²) in [6.07, 6.45) is 0.959. The Hall–Kier alpha value is -0.910. The molecule has 1 aromatic heterocycles. The lowest BCUT2D eigenvalue weighted by molar-refractivity contribution is -0.122. The Morgan fingerprint density at radius 2 is 2.41 bits per heavy atom. The van der Waals surface area contributed by atoms with Crippen molar-refractivity contribution in [3.8, 4) is 0 Å². The van der Waals surface area contributed by atoms with Crippen molar-refractivity contribution in [3.05, 3.63) is 22.4 Å². The minimum atomic E-state index is 0.0596. The maximum absolute atomic E-state index is 11.6. The molecule has 4 nitrogen and oxygen atoms in total. The second kappa shape index (κ2) is 7.42. The minimum Gasteiger partial charge on any atom is -0.355 e. The Morgan fingerprint density at radius 1 is 1.65 bits per heavy atom. The number of nitrogens with zero attached hydrogens (tertiary/aromatic N) is 1. The van der Waals surface area contributed by atoms with Crippen molar-refractivity contribution in [2.75, 3.05) is 26.7 Å². The maximum Gasteiger partial charge on any atom is 0.234 e. The van der Waals surface area contributed by atoms with Crippen molar-refractivity contribution in [1.82, 2.24) is 10.2 Å². The molecule has 0 saturated carbocycles. The number of carbonyl (C=O) groups is 1. The summed E-state index contributed by atoms with van der Waals surface area (Å²) in [5.74, 6) is 0.0596. The van der Waals surface area contributed by atoms with Gasteiger partial charge in [0.1, 0.15) is 0 Å². The van der Waals surface area contributed by atoms with Crippen LogP contribution in [-0.4, -0.2) is 37.5 Å². The van der Waals surface area contributed by atoms with E-state index in [0.29, 0.717) is 13.1 Å². The molecule has 0 fully saturated rings. The Bertz CT molecular complexity index is 327. The lowest BCUT2D eigenvalue weighted by Gasteiger charge is -2.25. The molecule has 0 aromatic carbocycles. The third-order valence-corrected chi connectivity index (χ3v) is 3.57. The van der Waals surface area contributed by atoms with Crippen LogP contribution in [0.15, 0.2) is 17.5 Å². The average Bonchev–Trinajstić information content (AvgIpc) is 2.81. The number of nitrogens with two attached hydrogens (primary N) is 1. The predicted molar refractivity (Wildman–Crippen MR) is 72.0 cm³/mol. The van der Waals surface area contributed by atoms with Crippen LogP contribution >= 0.6 is 11.3 Å². The van der Waals surface area contributed by atoms with Gasteiger partial charge in [-0.1, -0.05) is 13.0 Å². The Kier molecular flexibility index (Phi) is 6.18. The summed E-state index contributed by atoms with van der Waals surface area (Å²) in [6.45, 7) is 3.69. The Morgan fingerprint density at radius 3 is 2.94 bits per heavy atom. The molecule has 17 heavy (non-hydrogen) atoms. The van der Waals surface area contributed by atoms with Crippen molar-refractivity contribution >= 4 is 17.2 Å². The molecule has 1 amide bonds. The third-order valence-electron chi connectivity index (χ3n) is 2.59. The number of nitrogens with one attached hydrogen (secondary N) is 1. The van der Waals surface area contributed by atoms with Crippen LogP contribution in [0.1, 0.15) is 24.3 Å². The van der Waals surface area contributed by atoms with Crippen molar-refractivity contribution < 1.29 is 4.79 Å². The van der Waals surface area contributed by atoms with Gasteiger partial charge in [0.05, 0.1) is 12.6 Å². The van der Waals surface area contributed by atoms with Gasteiger partial charge in [-0.2, -0.15) is 0 Å². The molecule has 0 aliphatic carbocycles. The fourth-order valence-corrected chi connectivity index (χ4v) is 2.56. The highest BCUT2D eigenvalue weighted by atomic mass is 32.1. The molecule has 1 atom stereocenters. The first-order valence-electron chi connectivity index (χ1n) is 5.89.